The van der Waals surface area contributed by atoms with Gasteiger partial charge in [0.15, 0.2) is 5.82 Å². The van der Waals surface area contributed by atoms with E-state index in [1.807, 2.05) is 4.68 Å². The first-order valence-corrected chi connectivity index (χ1v) is 6.55. The number of anilines is 1. The molecule has 18 heavy (non-hydrogen) atoms. The summed E-state index contributed by atoms with van der Waals surface area (Å²) in [4.78, 5) is 0. The van der Waals surface area contributed by atoms with E-state index in [0.29, 0.717) is 5.82 Å². The van der Waals surface area contributed by atoms with Crippen LogP contribution in [0.3, 0.4) is 0 Å². The Kier molecular flexibility index (Phi) is 3.97. The molecule has 0 radical (unpaired) electrons. The first-order chi connectivity index (χ1) is 8.76. The second-order valence-electron chi connectivity index (χ2n) is 4.50. The summed E-state index contributed by atoms with van der Waals surface area (Å²) in [6, 6.07) is 8.45. The van der Waals surface area contributed by atoms with E-state index in [9.17, 15) is 0 Å². The molecular formula is C14H20N4. The minimum Gasteiger partial charge on any atom is -0.381 e. The van der Waals surface area contributed by atoms with Gasteiger partial charge >= 0.3 is 0 Å². The van der Waals surface area contributed by atoms with Crippen LogP contribution in [0, 0.1) is 0 Å². The number of nitrogens with two attached hydrogens (primary N) is 1. The molecule has 0 saturated heterocycles. The summed E-state index contributed by atoms with van der Waals surface area (Å²) in [5, 5.41) is 8.08. The topological polar surface area (TPSA) is 56.7 Å². The number of aromatic nitrogens is 3. The molecule has 0 aliphatic heterocycles. The molecule has 0 unspecified atom stereocenters. The Morgan fingerprint density at radius 3 is 2.33 bits per heavy atom. The van der Waals surface area contributed by atoms with Crippen LogP contribution in [-0.2, 0) is 12.8 Å². The van der Waals surface area contributed by atoms with E-state index in [1.165, 1.54) is 5.56 Å². The quantitative estimate of drug-likeness (QED) is 0.879. The molecular weight excluding hydrogens is 224 g/mol. The van der Waals surface area contributed by atoms with E-state index < -0.39 is 0 Å². The SMILES string of the molecule is CCCc1ccc(-n2nnc(N)c2CCC)cc1. The number of hydrogen-bond donors (Lipinski definition) is 1. The van der Waals surface area contributed by atoms with Crippen LogP contribution in [0.5, 0.6) is 0 Å². The number of rotatable bonds is 5. The summed E-state index contributed by atoms with van der Waals surface area (Å²) in [6.45, 7) is 4.31. The molecule has 0 fully saturated rings. The Balaban J connectivity index is 2.30. The van der Waals surface area contributed by atoms with Crippen molar-refractivity contribution in [2.45, 2.75) is 39.5 Å². The highest BCUT2D eigenvalue weighted by Crippen LogP contribution is 2.17. The largest absolute Gasteiger partial charge is 0.381 e. The van der Waals surface area contributed by atoms with Gasteiger partial charge in [0.2, 0.25) is 0 Å². The zero-order chi connectivity index (χ0) is 13.0. The highest BCUT2D eigenvalue weighted by Gasteiger charge is 2.10. The van der Waals surface area contributed by atoms with Gasteiger partial charge in [0, 0.05) is 0 Å². The predicted molar refractivity (Wildman–Crippen MR) is 73.8 cm³/mol. The van der Waals surface area contributed by atoms with Gasteiger partial charge in [-0.15, -0.1) is 5.10 Å². The van der Waals surface area contributed by atoms with Crippen molar-refractivity contribution in [3.05, 3.63) is 35.5 Å². The van der Waals surface area contributed by atoms with Crippen LogP contribution in [0.4, 0.5) is 5.82 Å². The molecule has 96 valence electrons. The Labute approximate surface area is 108 Å². The fraction of sp³-hybridized carbons (Fsp3) is 0.429. The number of aryl methyl sites for hydroxylation is 1. The van der Waals surface area contributed by atoms with Gasteiger partial charge in [-0.3, -0.25) is 0 Å². The first kappa shape index (κ1) is 12.6. The van der Waals surface area contributed by atoms with Crippen LogP contribution >= 0.6 is 0 Å². The average molecular weight is 244 g/mol. The van der Waals surface area contributed by atoms with Gasteiger partial charge in [0.25, 0.3) is 0 Å². The van der Waals surface area contributed by atoms with Gasteiger partial charge in [-0.2, -0.15) is 0 Å². The van der Waals surface area contributed by atoms with Crippen LogP contribution < -0.4 is 5.73 Å². The summed E-state index contributed by atoms with van der Waals surface area (Å²) >= 11 is 0. The predicted octanol–water partition coefficient (Wildman–Crippen LogP) is 2.75. The second-order valence-corrected chi connectivity index (χ2v) is 4.50. The van der Waals surface area contributed by atoms with Crippen molar-refractivity contribution in [2.24, 2.45) is 0 Å². The Bertz CT molecular complexity index is 499. The maximum Gasteiger partial charge on any atom is 0.169 e. The van der Waals surface area contributed by atoms with Crippen molar-refractivity contribution < 1.29 is 0 Å². The van der Waals surface area contributed by atoms with E-state index in [1.54, 1.807) is 0 Å². The molecule has 1 heterocycles. The molecule has 1 aromatic carbocycles. The van der Waals surface area contributed by atoms with Gasteiger partial charge < -0.3 is 5.73 Å². The fourth-order valence-corrected chi connectivity index (χ4v) is 2.08. The van der Waals surface area contributed by atoms with Crippen molar-refractivity contribution in [2.75, 3.05) is 5.73 Å². The van der Waals surface area contributed by atoms with E-state index in [2.05, 4.69) is 48.4 Å². The molecule has 0 spiro atoms. The number of nitrogens with zero attached hydrogens (tertiary/aromatic N) is 3. The number of benzene rings is 1. The van der Waals surface area contributed by atoms with E-state index in [0.717, 1.165) is 37.1 Å². The molecule has 1 aromatic heterocycles. The summed E-state index contributed by atoms with van der Waals surface area (Å²) in [7, 11) is 0. The van der Waals surface area contributed by atoms with Gasteiger partial charge in [0.05, 0.1) is 11.4 Å². The van der Waals surface area contributed by atoms with Crippen molar-refractivity contribution in [1.29, 1.82) is 0 Å². The van der Waals surface area contributed by atoms with Crippen molar-refractivity contribution in [3.63, 3.8) is 0 Å². The van der Waals surface area contributed by atoms with Crippen molar-refractivity contribution in [3.8, 4) is 5.69 Å². The van der Waals surface area contributed by atoms with Crippen LogP contribution in [0.2, 0.25) is 0 Å². The van der Waals surface area contributed by atoms with Gasteiger partial charge in [-0.25, -0.2) is 4.68 Å². The third kappa shape index (κ3) is 2.53. The molecule has 4 heteroatoms. The minimum absolute atomic E-state index is 0.537. The molecule has 2 aromatic rings. The second kappa shape index (κ2) is 5.67. The lowest BCUT2D eigenvalue weighted by molar-refractivity contribution is 0.745. The third-order valence-corrected chi connectivity index (χ3v) is 3.00. The maximum absolute atomic E-state index is 5.85. The molecule has 0 saturated carbocycles. The lowest BCUT2D eigenvalue weighted by Crippen LogP contribution is -2.03. The lowest BCUT2D eigenvalue weighted by Gasteiger charge is -2.06. The van der Waals surface area contributed by atoms with E-state index >= 15 is 0 Å². The van der Waals surface area contributed by atoms with Crippen LogP contribution in [0.1, 0.15) is 37.9 Å². The van der Waals surface area contributed by atoms with E-state index in [-0.39, 0.29) is 0 Å². The summed E-state index contributed by atoms with van der Waals surface area (Å²) in [5.41, 5.74) is 9.23. The van der Waals surface area contributed by atoms with Crippen molar-refractivity contribution >= 4 is 5.82 Å². The zero-order valence-electron chi connectivity index (χ0n) is 11.1. The highest BCUT2D eigenvalue weighted by molar-refractivity contribution is 5.41. The van der Waals surface area contributed by atoms with Crippen LogP contribution in [-0.4, -0.2) is 15.0 Å². The minimum atomic E-state index is 0.537. The fourth-order valence-electron chi connectivity index (χ4n) is 2.08. The van der Waals surface area contributed by atoms with E-state index in [4.69, 9.17) is 5.73 Å². The third-order valence-electron chi connectivity index (χ3n) is 3.00. The summed E-state index contributed by atoms with van der Waals surface area (Å²) in [6.07, 6.45) is 4.21. The van der Waals surface area contributed by atoms with Crippen LogP contribution in [0.25, 0.3) is 5.69 Å². The number of hydrogen-bond acceptors (Lipinski definition) is 3. The normalized spacial score (nSPS) is 10.8. The smallest absolute Gasteiger partial charge is 0.169 e. The Morgan fingerprint density at radius 1 is 1.06 bits per heavy atom. The van der Waals surface area contributed by atoms with Gasteiger partial charge in [-0.1, -0.05) is 44.0 Å². The van der Waals surface area contributed by atoms with Gasteiger partial charge in [-0.05, 0) is 30.5 Å². The monoisotopic (exact) mass is 244 g/mol. The highest BCUT2D eigenvalue weighted by atomic mass is 15.4. The van der Waals surface area contributed by atoms with Crippen LogP contribution in [0.15, 0.2) is 24.3 Å². The average Bonchev–Trinajstić information content (AvgIpc) is 2.73. The molecule has 0 bridgehead atoms. The summed E-state index contributed by atoms with van der Waals surface area (Å²) in [5.74, 6) is 0.537. The molecule has 0 aliphatic rings. The maximum atomic E-state index is 5.85. The first-order valence-electron chi connectivity index (χ1n) is 6.55. The zero-order valence-corrected chi connectivity index (χ0v) is 11.1. The Hall–Kier alpha value is -1.84. The molecule has 0 atom stereocenters. The molecule has 2 N–H and O–H groups in total. The Morgan fingerprint density at radius 2 is 1.72 bits per heavy atom. The molecule has 0 aliphatic carbocycles. The lowest BCUT2D eigenvalue weighted by atomic mass is 10.1. The standard InChI is InChI=1S/C14H20N4/c1-3-5-11-7-9-12(10-8-11)18-13(6-4-2)14(15)16-17-18/h7-10H,3-6,15H2,1-2H3. The van der Waals surface area contributed by atoms with Gasteiger partial charge in [0.1, 0.15) is 0 Å². The molecule has 2 rings (SSSR count). The molecule has 0 amide bonds. The van der Waals surface area contributed by atoms with Crippen molar-refractivity contribution in [1.82, 2.24) is 15.0 Å². The summed E-state index contributed by atoms with van der Waals surface area (Å²) < 4.78 is 1.84. The molecule has 4 nitrogen and oxygen atoms in total. The number of nitrogen functional groups attached to an aromatic ring is 1.